The van der Waals surface area contributed by atoms with Crippen LogP contribution >= 0.6 is 22.9 Å². The van der Waals surface area contributed by atoms with Crippen LogP contribution < -0.4 is 5.32 Å². The van der Waals surface area contributed by atoms with Crippen LogP contribution in [-0.4, -0.2) is 36.5 Å². The molecule has 0 aliphatic heterocycles. The number of amides is 1. The van der Waals surface area contributed by atoms with E-state index in [4.69, 9.17) is 16.3 Å². The molecule has 3 aromatic rings. The fraction of sp³-hybridized carbons (Fsp3) is 0.130. The van der Waals surface area contributed by atoms with Gasteiger partial charge in [0.15, 0.2) is 11.7 Å². The van der Waals surface area contributed by atoms with Crippen molar-refractivity contribution in [3.63, 3.8) is 0 Å². The summed E-state index contributed by atoms with van der Waals surface area (Å²) in [4.78, 5) is 40.4. The zero-order chi connectivity index (χ0) is 22.9. The first-order valence-corrected chi connectivity index (χ1v) is 10.7. The predicted octanol–water partition coefficient (Wildman–Crippen LogP) is 4.23. The summed E-state index contributed by atoms with van der Waals surface area (Å²) in [6.45, 7) is -0.496. The van der Waals surface area contributed by atoms with Gasteiger partial charge in [-0.15, -0.1) is 11.3 Å². The largest absolute Gasteiger partial charge is 0.469 e. The van der Waals surface area contributed by atoms with E-state index in [-0.39, 0.29) is 12.0 Å². The molecule has 2 aromatic carbocycles. The zero-order valence-corrected chi connectivity index (χ0v) is 18.6. The van der Waals surface area contributed by atoms with E-state index in [1.807, 2.05) is 30.3 Å². The summed E-state index contributed by atoms with van der Waals surface area (Å²) in [6.07, 6.45) is 1.69. The number of hydrogen-bond donors (Lipinski definition) is 1. The van der Waals surface area contributed by atoms with Crippen molar-refractivity contribution in [3.8, 4) is 0 Å². The Morgan fingerprint density at radius 3 is 2.50 bits per heavy atom. The molecule has 0 spiro atoms. The average Bonchev–Trinajstić information content (AvgIpc) is 3.23. The first-order chi connectivity index (χ1) is 15.4. The van der Waals surface area contributed by atoms with E-state index in [0.717, 1.165) is 16.9 Å². The number of nitrogens with zero attached hydrogens (tertiary/aromatic N) is 1. The van der Waals surface area contributed by atoms with Gasteiger partial charge >= 0.3 is 11.9 Å². The zero-order valence-electron chi connectivity index (χ0n) is 17.0. The SMILES string of the molecule is COC(=O)Cc1csc(NC(=O)COC(=O)C(=Cc2ccccc2)c2ccc(Cl)cc2)n1. The third-order valence-electron chi connectivity index (χ3n) is 4.17. The third kappa shape index (κ3) is 6.76. The minimum atomic E-state index is -0.656. The maximum absolute atomic E-state index is 12.8. The smallest absolute Gasteiger partial charge is 0.339 e. The monoisotopic (exact) mass is 470 g/mol. The maximum atomic E-state index is 12.8. The van der Waals surface area contributed by atoms with Gasteiger partial charge in [-0.1, -0.05) is 54.1 Å². The van der Waals surface area contributed by atoms with Crippen LogP contribution in [0.25, 0.3) is 11.6 Å². The van der Waals surface area contributed by atoms with Crippen molar-refractivity contribution < 1.29 is 23.9 Å². The van der Waals surface area contributed by atoms with Crippen LogP contribution in [0.3, 0.4) is 0 Å². The molecule has 32 heavy (non-hydrogen) atoms. The molecule has 1 heterocycles. The van der Waals surface area contributed by atoms with Crippen LogP contribution in [0.2, 0.25) is 5.02 Å². The summed E-state index contributed by atoms with van der Waals surface area (Å²) >= 11 is 7.11. The minimum absolute atomic E-state index is 0.00654. The first-order valence-electron chi connectivity index (χ1n) is 9.45. The second kappa shape index (κ2) is 11.2. The Balaban J connectivity index is 1.66. The van der Waals surface area contributed by atoms with Crippen LogP contribution in [0.4, 0.5) is 5.13 Å². The van der Waals surface area contributed by atoms with Gasteiger partial charge in [0.1, 0.15) is 0 Å². The maximum Gasteiger partial charge on any atom is 0.339 e. The Kier molecular flexibility index (Phi) is 8.13. The van der Waals surface area contributed by atoms with Crippen LogP contribution in [0.15, 0.2) is 60.0 Å². The van der Waals surface area contributed by atoms with Crippen molar-refractivity contribution in [1.29, 1.82) is 0 Å². The molecule has 0 atom stereocenters. The Morgan fingerprint density at radius 2 is 1.81 bits per heavy atom. The van der Waals surface area contributed by atoms with Gasteiger partial charge in [0.2, 0.25) is 0 Å². The fourth-order valence-electron chi connectivity index (χ4n) is 2.64. The van der Waals surface area contributed by atoms with Gasteiger partial charge < -0.3 is 9.47 Å². The standard InChI is InChI=1S/C23H19ClN2O5S/c1-30-21(28)12-18-14-32-23(25-18)26-20(27)13-31-22(29)19(11-15-5-3-2-4-6-15)16-7-9-17(24)10-8-16/h2-11,14H,12-13H2,1H3,(H,25,26,27). The molecule has 0 aliphatic carbocycles. The lowest BCUT2D eigenvalue weighted by atomic mass is 10.0. The minimum Gasteiger partial charge on any atom is -0.469 e. The van der Waals surface area contributed by atoms with Gasteiger partial charge in [-0.25, -0.2) is 9.78 Å². The van der Waals surface area contributed by atoms with Crippen molar-refractivity contribution in [2.24, 2.45) is 0 Å². The quantitative estimate of drug-likeness (QED) is 0.300. The van der Waals surface area contributed by atoms with Crippen LogP contribution in [0, 0.1) is 0 Å². The van der Waals surface area contributed by atoms with Crippen molar-refractivity contribution in [2.75, 3.05) is 19.0 Å². The lowest BCUT2D eigenvalue weighted by molar-refractivity contribution is -0.141. The number of thiazole rings is 1. The average molecular weight is 471 g/mol. The number of anilines is 1. The highest BCUT2D eigenvalue weighted by Gasteiger charge is 2.17. The van der Waals surface area contributed by atoms with Crippen molar-refractivity contribution >= 4 is 57.6 Å². The summed E-state index contributed by atoms with van der Waals surface area (Å²) in [5, 5.41) is 5.02. The molecular weight excluding hydrogens is 452 g/mol. The van der Waals surface area contributed by atoms with Crippen LogP contribution in [0.5, 0.6) is 0 Å². The summed E-state index contributed by atoms with van der Waals surface area (Å²) in [7, 11) is 1.29. The number of carbonyl (C=O) groups is 3. The Labute approximate surface area is 193 Å². The van der Waals surface area contributed by atoms with Crippen LogP contribution in [-0.2, 0) is 30.3 Å². The van der Waals surface area contributed by atoms with Crippen molar-refractivity contribution in [3.05, 3.63) is 81.8 Å². The molecule has 0 fully saturated rings. The Bertz CT molecular complexity index is 1130. The lowest BCUT2D eigenvalue weighted by Crippen LogP contribution is -2.21. The number of carbonyl (C=O) groups excluding carboxylic acids is 3. The molecule has 0 saturated carbocycles. The fourth-order valence-corrected chi connectivity index (χ4v) is 3.49. The topological polar surface area (TPSA) is 94.6 Å². The normalized spacial score (nSPS) is 11.0. The Morgan fingerprint density at radius 1 is 1.09 bits per heavy atom. The molecule has 0 aliphatic rings. The van der Waals surface area contributed by atoms with E-state index in [0.29, 0.717) is 21.4 Å². The number of benzene rings is 2. The second-order valence-electron chi connectivity index (χ2n) is 6.50. The Hall–Kier alpha value is -3.49. The number of hydrogen-bond acceptors (Lipinski definition) is 7. The summed E-state index contributed by atoms with van der Waals surface area (Å²) in [5.41, 5.74) is 2.18. The van der Waals surface area contributed by atoms with Gasteiger partial charge in [-0.05, 0) is 29.3 Å². The van der Waals surface area contributed by atoms with Gasteiger partial charge in [-0.3, -0.25) is 14.9 Å². The molecule has 0 unspecified atom stereocenters. The summed E-state index contributed by atoms with van der Waals surface area (Å²) in [6, 6.07) is 16.0. The summed E-state index contributed by atoms with van der Waals surface area (Å²) < 4.78 is 9.82. The molecule has 164 valence electrons. The van der Waals surface area contributed by atoms with E-state index in [1.54, 1.807) is 35.7 Å². The molecule has 3 rings (SSSR count). The summed E-state index contributed by atoms with van der Waals surface area (Å²) in [5.74, 6) is -1.63. The first kappa shape index (κ1) is 23.2. The van der Waals surface area contributed by atoms with E-state index in [1.165, 1.54) is 7.11 Å². The van der Waals surface area contributed by atoms with E-state index >= 15 is 0 Å². The second-order valence-corrected chi connectivity index (χ2v) is 7.79. The highest BCUT2D eigenvalue weighted by atomic mass is 35.5. The van der Waals surface area contributed by atoms with Crippen molar-refractivity contribution in [1.82, 2.24) is 4.98 Å². The van der Waals surface area contributed by atoms with Crippen molar-refractivity contribution in [2.45, 2.75) is 6.42 Å². The number of ether oxygens (including phenoxy) is 2. The third-order valence-corrected chi connectivity index (χ3v) is 5.23. The number of aromatic nitrogens is 1. The van der Waals surface area contributed by atoms with E-state index < -0.39 is 24.5 Å². The van der Waals surface area contributed by atoms with Crippen LogP contribution in [0.1, 0.15) is 16.8 Å². The van der Waals surface area contributed by atoms with Gasteiger partial charge in [0.25, 0.3) is 5.91 Å². The highest BCUT2D eigenvalue weighted by Crippen LogP contribution is 2.22. The molecule has 7 nitrogen and oxygen atoms in total. The molecule has 1 aromatic heterocycles. The molecular formula is C23H19ClN2O5S. The molecule has 1 amide bonds. The number of rotatable bonds is 8. The number of methoxy groups -OCH3 is 1. The van der Waals surface area contributed by atoms with Gasteiger partial charge in [0.05, 0.1) is 24.8 Å². The van der Waals surface area contributed by atoms with Gasteiger partial charge in [0, 0.05) is 10.4 Å². The van der Waals surface area contributed by atoms with E-state index in [2.05, 4.69) is 15.0 Å². The molecule has 9 heteroatoms. The number of nitrogens with one attached hydrogen (secondary N) is 1. The molecule has 0 saturated heterocycles. The molecule has 0 bridgehead atoms. The lowest BCUT2D eigenvalue weighted by Gasteiger charge is -2.09. The number of halogens is 1. The molecule has 0 radical (unpaired) electrons. The number of esters is 2. The van der Waals surface area contributed by atoms with E-state index in [9.17, 15) is 14.4 Å². The van der Waals surface area contributed by atoms with Gasteiger partial charge in [-0.2, -0.15) is 0 Å². The highest BCUT2D eigenvalue weighted by molar-refractivity contribution is 7.13. The molecule has 1 N–H and O–H groups in total. The predicted molar refractivity (Wildman–Crippen MR) is 123 cm³/mol.